The summed E-state index contributed by atoms with van der Waals surface area (Å²) in [6.45, 7) is 4.23. The van der Waals surface area contributed by atoms with Crippen molar-refractivity contribution in [2.75, 3.05) is 5.32 Å². The van der Waals surface area contributed by atoms with E-state index >= 15 is 0 Å². The monoisotopic (exact) mass is 450 g/mol. The average Bonchev–Trinajstić information content (AvgIpc) is 3.57. The lowest BCUT2D eigenvalue weighted by atomic mass is 10.1. The minimum Gasteiger partial charge on any atom is -0.382 e. The smallest absolute Gasteiger partial charge is 0.155 e. The molecule has 0 unspecified atom stereocenters. The zero-order valence-corrected chi connectivity index (χ0v) is 19.1. The van der Waals surface area contributed by atoms with Crippen LogP contribution in [-0.4, -0.2) is 31.2 Å². The second kappa shape index (κ2) is 7.86. The molecule has 0 aliphatic carbocycles. The summed E-state index contributed by atoms with van der Waals surface area (Å²) in [5.41, 5.74) is 7.91. The largest absolute Gasteiger partial charge is 0.382 e. The van der Waals surface area contributed by atoms with Gasteiger partial charge < -0.3 is 10.3 Å². The Hall–Kier alpha value is -3.97. The summed E-state index contributed by atoms with van der Waals surface area (Å²) in [5, 5.41) is 15.4. The molecule has 0 atom stereocenters. The number of benzene rings is 1. The predicted molar refractivity (Wildman–Crippen MR) is 136 cm³/mol. The number of H-pyrrole nitrogens is 2. The first kappa shape index (κ1) is 19.7. The second-order valence-corrected chi connectivity index (χ2v) is 9.33. The number of aromatic nitrogens is 5. The molecule has 0 aliphatic heterocycles. The Morgan fingerprint density at radius 3 is 2.70 bits per heavy atom. The van der Waals surface area contributed by atoms with Gasteiger partial charge in [0, 0.05) is 62.5 Å². The maximum Gasteiger partial charge on any atom is 0.155 e. The number of anilines is 1. The van der Waals surface area contributed by atoms with Crippen molar-refractivity contribution in [1.29, 1.82) is 0 Å². The van der Waals surface area contributed by atoms with E-state index < -0.39 is 0 Å². The maximum atomic E-state index is 4.63. The fourth-order valence-corrected chi connectivity index (χ4v) is 4.97. The normalized spacial score (nSPS) is 11.6. The quantitative estimate of drug-likeness (QED) is 0.272. The van der Waals surface area contributed by atoms with Crippen LogP contribution in [0.1, 0.15) is 13.8 Å². The van der Waals surface area contributed by atoms with Gasteiger partial charge in [-0.3, -0.25) is 10.1 Å². The lowest BCUT2D eigenvalue weighted by Crippen LogP contribution is -2.09. The third kappa shape index (κ3) is 3.56. The Labute approximate surface area is 194 Å². The van der Waals surface area contributed by atoms with E-state index in [9.17, 15) is 0 Å². The van der Waals surface area contributed by atoms with Crippen molar-refractivity contribution in [3.05, 3.63) is 72.5 Å². The Balaban J connectivity index is 1.45. The molecule has 0 spiro atoms. The molecule has 0 bridgehead atoms. The van der Waals surface area contributed by atoms with Crippen LogP contribution >= 0.6 is 11.3 Å². The van der Waals surface area contributed by atoms with Crippen molar-refractivity contribution < 1.29 is 0 Å². The zero-order chi connectivity index (χ0) is 22.4. The van der Waals surface area contributed by atoms with Crippen molar-refractivity contribution in [3.8, 4) is 33.0 Å². The van der Waals surface area contributed by atoms with Crippen molar-refractivity contribution in [3.63, 3.8) is 0 Å². The number of rotatable bonds is 5. The summed E-state index contributed by atoms with van der Waals surface area (Å²) in [6, 6.07) is 17.3. The van der Waals surface area contributed by atoms with E-state index in [1.54, 1.807) is 11.3 Å². The van der Waals surface area contributed by atoms with Crippen molar-refractivity contribution in [1.82, 2.24) is 25.1 Å². The number of nitrogens with zero attached hydrogens (tertiary/aromatic N) is 3. The molecule has 6 nitrogen and oxygen atoms in total. The van der Waals surface area contributed by atoms with Gasteiger partial charge in [0.05, 0.1) is 11.4 Å². The Kier molecular flexibility index (Phi) is 4.69. The molecule has 0 aliphatic rings. The average molecular weight is 451 g/mol. The lowest BCUT2D eigenvalue weighted by Gasteiger charge is -2.10. The third-order valence-corrected chi connectivity index (χ3v) is 6.55. The number of aromatic amines is 2. The van der Waals surface area contributed by atoms with Crippen LogP contribution in [0.25, 0.3) is 54.9 Å². The van der Waals surface area contributed by atoms with Crippen LogP contribution in [-0.2, 0) is 0 Å². The van der Waals surface area contributed by atoms with E-state index in [0.29, 0.717) is 6.04 Å². The molecular formula is C26H22N6S. The minimum absolute atomic E-state index is 0.337. The minimum atomic E-state index is 0.337. The van der Waals surface area contributed by atoms with Gasteiger partial charge >= 0.3 is 0 Å². The van der Waals surface area contributed by atoms with Gasteiger partial charge in [-0.1, -0.05) is 18.2 Å². The number of hydrogen-bond donors (Lipinski definition) is 3. The highest BCUT2D eigenvalue weighted by Crippen LogP contribution is 2.36. The highest BCUT2D eigenvalue weighted by Gasteiger charge is 2.15. The fraction of sp³-hybridized carbons (Fsp3) is 0.115. The van der Waals surface area contributed by atoms with Crippen LogP contribution in [0.4, 0.5) is 5.69 Å². The van der Waals surface area contributed by atoms with Gasteiger partial charge in [0.25, 0.3) is 0 Å². The first-order valence-electron chi connectivity index (χ1n) is 10.9. The van der Waals surface area contributed by atoms with Gasteiger partial charge in [0.2, 0.25) is 0 Å². The SMILES string of the molecule is CC(C)Nc1cncc(-c2cnc3[nH]nc(-c4cc5c(-c6cccs6)cccc5[nH]4)c3c2)c1. The van der Waals surface area contributed by atoms with Gasteiger partial charge in [-0.2, -0.15) is 5.10 Å². The molecule has 5 aromatic heterocycles. The molecule has 0 saturated heterocycles. The molecule has 6 rings (SSSR count). The molecular weight excluding hydrogens is 428 g/mol. The van der Waals surface area contributed by atoms with Gasteiger partial charge in [-0.15, -0.1) is 11.3 Å². The molecule has 0 amide bonds. The van der Waals surface area contributed by atoms with E-state index in [-0.39, 0.29) is 0 Å². The molecule has 0 radical (unpaired) electrons. The number of fused-ring (bicyclic) bond motifs is 2. The summed E-state index contributed by atoms with van der Waals surface area (Å²) in [4.78, 5) is 13.8. The van der Waals surface area contributed by atoms with E-state index in [1.165, 1.54) is 15.8 Å². The fourth-order valence-electron chi connectivity index (χ4n) is 4.21. The molecule has 33 heavy (non-hydrogen) atoms. The van der Waals surface area contributed by atoms with Gasteiger partial charge in [-0.05, 0) is 49.6 Å². The molecule has 0 saturated carbocycles. The summed E-state index contributed by atoms with van der Waals surface area (Å²) in [6.07, 6.45) is 5.57. The topological polar surface area (TPSA) is 82.3 Å². The highest BCUT2D eigenvalue weighted by atomic mass is 32.1. The molecule has 162 valence electrons. The zero-order valence-electron chi connectivity index (χ0n) is 18.3. The lowest BCUT2D eigenvalue weighted by molar-refractivity contribution is 0.898. The number of hydrogen-bond acceptors (Lipinski definition) is 5. The maximum absolute atomic E-state index is 4.63. The third-order valence-electron chi connectivity index (χ3n) is 5.65. The molecule has 7 heteroatoms. The van der Waals surface area contributed by atoms with Crippen molar-refractivity contribution in [2.45, 2.75) is 19.9 Å². The van der Waals surface area contributed by atoms with Crippen LogP contribution < -0.4 is 5.32 Å². The standard InChI is InChI=1S/C26H22N6S/c1-15(2)29-18-9-16(12-27-14-18)17-10-21-25(31-32-26(21)28-13-17)23-11-20-19(24-7-4-8-33-24)5-3-6-22(20)30-23/h3-15,29-30H,1-2H3,(H,28,31,32). The van der Waals surface area contributed by atoms with Gasteiger partial charge in [0.1, 0.15) is 5.69 Å². The summed E-state index contributed by atoms with van der Waals surface area (Å²) in [7, 11) is 0. The molecule has 3 N–H and O–H groups in total. The summed E-state index contributed by atoms with van der Waals surface area (Å²) in [5.74, 6) is 0. The molecule has 0 fully saturated rings. The van der Waals surface area contributed by atoms with Gasteiger partial charge in [0.15, 0.2) is 5.65 Å². The summed E-state index contributed by atoms with van der Waals surface area (Å²) >= 11 is 1.75. The van der Waals surface area contributed by atoms with Crippen LogP contribution in [0.15, 0.2) is 72.5 Å². The van der Waals surface area contributed by atoms with Crippen LogP contribution in [0.5, 0.6) is 0 Å². The molecule has 5 heterocycles. The second-order valence-electron chi connectivity index (χ2n) is 8.38. The molecule has 6 aromatic rings. The van der Waals surface area contributed by atoms with Crippen LogP contribution in [0.3, 0.4) is 0 Å². The Bertz CT molecular complexity index is 1580. The van der Waals surface area contributed by atoms with Crippen molar-refractivity contribution >= 4 is 39.0 Å². The Morgan fingerprint density at radius 1 is 0.939 bits per heavy atom. The van der Waals surface area contributed by atoms with E-state index in [2.05, 4.69) is 98.2 Å². The van der Waals surface area contributed by atoms with Crippen LogP contribution in [0.2, 0.25) is 0 Å². The van der Waals surface area contributed by atoms with Crippen LogP contribution in [0, 0.1) is 0 Å². The molecule has 1 aromatic carbocycles. The Morgan fingerprint density at radius 2 is 1.85 bits per heavy atom. The summed E-state index contributed by atoms with van der Waals surface area (Å²) < 4.78 is 0. The first-order chi connectivity index (χ1) is 16.2. The van der Waals surface area contributed by atoms with Gasteiger partial charge in [-0.25, -0.2) is 4.98 Å². The number of nitrogens with one attached hydrogen (secondary N) is 3. The predicted octanol–water partition coefficient (Wildman–Crippen LogP) is 6.72. The highest BCUT2D eigenvalue weighted by molar-refractivity contribution is 7.13. The number of pyridine rings is 2. The van der Waals surface area contributed by atoms with E-state index in [0.717, 1.165) is 44.8 Å². The first-order valence-corrected chi connectivity index (χ1v) is 11.8. The van der Waals surface area contributed by atoms with E-state index in [4.69, 9.17) is 0 Å². The van der Waals surface area contributed by atoms with E-state index in [1.807, 2.05) is 18.6 Å². The van der Waals surface area contributed by atoms with Crippen molar-refractivity contribution in [2.24, 2.45) is 0 Å². The number of thiophene rings is 1.